The molecule has 2 nitrogen and oxygen atoms in total. The van der Waals surface area contributed by atoms with Crippen LogP contribution < -0.4 is 4.90 Å². The summed E-state index contributed by atoms with van der Waals surface area (Å²) in [6, 6.07) is 9.95. The van der Waals surface area contributed by atoms with Crippen molar-refractivity contribution in [3.63, 3.8) is 0 Å². The average Bonchev–Trinajstić information content (AvgIpc) is 2.15. The summed E-state index contributed by atoms with van der Waals surface area (Å²) in [4.78, 5) is 5.77. The lowest BCUT2D eigenvalue weighted by Gasteiger charge is -2.12. The minimum Gasteiger partial charge on any atom is -0.309 e. The van der Waals surface area contributed by atoms with Gasteiger partial charge < -0.3 is 4.90 Å². The highest BCUT2D eigenvalue weighted by Gasteiger charge is 1.94. The van der Waals surface area contributed by atoms with Gasteiger partial charge in [-0.2, -0.15) is 0 Å². The van der Waals surface area contributed by atoms with E-state index in [4.69, 9.17) is 0 Å². The van der Waals surface area contributed by atoms with Gasteiger partial charge in [0.1, 0.15) is 0 Å². The van der Waals surface area contributed by atoms with Crippen molar-refractivity contribution < 1.29 is 0 Å². The maximum absolute atomic E-state index is 3.91. The second-order valence-corrected chi connectivity index (χ2v) is 2.30. The highest BCUT2D eigenvalue weighted by Crippen LogP contribution is 2.10. The normalized spacial score (nSPS) is 10.1. The minimum absolute atomic E-state index is 1.07. The summed E-state index contributed by atoms with van der Waals surface area (Å²) in [6.07, 6.45) is 3.45. The quantitative estimate of drug-likeness (QED) is 0.489. The number of aliphatic imine (C=N–C) groups is 1. The first kappa shape index (κ1) is 8.53. The maximum atomic E-state index is 3.91. The Labute approximate surface area is 72.9 Å². The van der Waals surface area contributed by atoms with Gasteiger partial charge in [0.05, 0.1) is 6.34 Å². The molecule has 0 aliphatic heterocycles. The molecule has 62 valence electrons. The van der Waals surface area contributed by atoms with E-state index in [0.717, 1.165) is 5.69 Å². The molecule has 0 fully saturated rings. The topological polar surface area (TPSA) is 15.6 Å². The Morgan fingerprint density at radius 1 is 1.33 bits per heavy atom. The minimum atomic E-state index is 1.07. The van der Waals surface area contributed by atoms with Crippen LogP contribution in [-0.4, -0.2) is 13.4 Å². The molecule has 0 unspecified atom stereocenters. The predicted octanol–water partition coefficient (Wildman–Crippen LogP) is 2.29. The van der Waals surface area contributed by atoms with Crippen LogP contribution in [0.25, 0.3) is 0 Å². The molecule has 0 bridgehead atoms. The van der Waals surface area contributed by atoms with Crippen LogP contribution in [0.2, 0.25) is 0 Å². The van der Waals surface area contributed by atoms with Crippen LogP contribution in [0.3, 0.4) is 0 Å². The zero-order valence-corrected chi connectivity index (χ0v) is 7.14. The highest BCUT2D eigenvalue weighted by molar-refractivity contribution is 5.80. The maximum Gasteiger partial charge on any atom is 0.0931 e. The number of hydrogen-bond acceptors (Lipinski definition) is 1. The number of para-hydroxylation sites is 1. The van der Waals surface area contributed by atoms with Gasteiger partial charge in [-0.1, -0.05) is 24.8 Å². The van der Waals surface area contributed by atoms with Gasteiger partial charge in [-0.15, -0.1) is 0 Å². The molecule has 12 heavy (non-hydrogen) atoms. The number of nitrogens with zero attached hydrogens (tertiary/aromatic N) is 2. The van der Waals surface area contributed by atoms with E-state index in [-0.39, 0.29) is 0 Å². The molecule has 0 atom stereocenters. The van der Waals surface area contributed by atoms with Gasteiger partial charge in [0.2, 0.25) is 0 Å². The van der Waals surface area contributed by atoms with Crippen molar-refractivity contribution in [2.45, 2.75) is 0 Å². The summed E-state index contributed by atoms with van der Waals surface area (Å²) in [5.74, 6) is 0. The second-order valence-electron chi connectivity index (χ2n) is 2.30. The van der Waals surface area contributed by atoms with Crippen molar-refractivity contribution in [3.8, 4) is 0 Å². The first-order valence-corrected chi connectivity index (χ1v) is 3.76. The number of rotatable bonds is 3. The molecule has 0 N–H and O–H groups in total. The third-order valence-electron chi connectivity index (χ3n) is 1.49. The molecule has 0 aliphatic rings. The van der Waals surface area contributed by atoms with Crippen molar-refractivity contribution in [1.82, 2.24) is 0 Å². The fraction of sp³-hybridized carbons (Fsp3) is 0.100. The van der Waals surface area contributed by atoms with E-state index >= 15 is 0 Å². The molecular formula is C10H12N2. The van der Waals surface area contributed by atoms with Crippen molar-refractivity contribution in [2.24, 2.45) is 4.99 Å². The van der Waals surface area contributed by atoms with Crippen LogP contribution in [-0.2, 0) is 0 Å². The van der Waals surface area contributed by atoms with E-state index in [0.29, 0.717) is 0 Å². The molecule has 0 spiro atoms. The standard InChI is InChI=1S/C10H12N2/c1-3-12(9-11-2)10-7-5-4-6-8-10/h3-9H,1H2,2H3. The summed E-state index contributed by atoms with van der Waals surface area (Å²) in [5.41, 5.74) is 1.07. The van der Waals surface area contributed by atoms with Crippen LogP contribution >= 0.6 is 0 Å². The largest absolute Gasteiger partial charge is 0.309 e. The lowest BCUT2D eigenvalue weighted by Crippen LogP contribution is -2.11. The Morgan fingerprint density at radius 2 is 2.00 bits per heavy atom. The van der Waals surface area contributed by atoms with Gasteiger partial charge in [0.15, 0.2) is 0 Å². The van der Waals surface area contributed by atoms with Crippen molar-refractivity contribution in [2.75, 3.05) is 11.9 Å². The third kappa shape index (κ3) is 1.95. The Morgan fingerprint density at radius 3 is 2.50 bits per heavy atom. The van der Waals surface area contributed by atoms with Crippen LogP contribution in [0.5, 0.6) is 0 Å². The molecule has 1 rings (SSSR count). The van der Waals surface area contributed by atoms with Gasteiger partial charge in [0, 0.05) is 18.9 Å². The lowest BCUT2D eigenvalue weighted by molar-refractivity contribution is 1.34. The monoisotopic (exact) mass is 160 g/mol. The van der Waals surface area contributed by atoms with E-state index in [1.165, 1.54) is 0 Å². The van der Waals surface area contributed by atoms with Gasteiger partial charge >= 0.3 is 0 Å². The van der Waals surface area contributed by atoms with Gasteiger partial charge in [-0.25, -0.2) is 0 Å². The van der Waals surface area contributed by atoms with Gasteiger partial charge in [-0.05, 0) is 12.1 Å². The zero-order chi connectivity index (χ0) is 8.81. The number of hydrogen-bond donors (Lipinski definition) is 0. The van der Waals surface area contributed by atoms with Crippen LogP contribution in [0.1, 0.15) is 0 Å². The Hall–Kier alpha value is -1.57. The molecule has 0 aliphatic carbocycles. The van der Waals surface area contributed by atoms with Crippen molar-refractivity contribution in [3.05, 3.63) is 43.1 Å². The molecule has 0 heterocycles. The Bertz CT molecular complexity index is 264. The fourth-order valence-electron chi connectivity index (χ4n) is 0.944. The van der Waals surface area contributed by atoms with Crippen LogP contribution in [0, 0.1) is 0 Å². The smallest absolute Gasteiger partial charge is 0.0931 e. The predicted molar refractivity (Wildman–Crippen MR) is 53.5 cm³/mol. The molecule has 0 aromatic heterocycles. The van der Waals surface area contributed by atoms with E-state index in [1.807, 2.05) is 35.2 Å². The van der Waals surface area contributed by atoms with E-state index in [9.17, 15) is 0 Å². The first-order chi connectivity index (χ1) is 5.88. The first-order valence-electron chi connectivity index (χ1n) is 3.76. The number of benzene rings is 1. The summed E-state index contributed by atoms with van der Waals surface area (Å²) in [5, 5.41) is 0. The van der Waals surface area contributed by atoms with Crippen molar-refractivity contribution in [1.29, 1.82) is 0 Å². The molecular weight excluding hydrogens is 148 g/mol. The number of anilines is 1. The SMILES string of the molecule is C=CN(C=NC)c1ccccc1. The molecule has 0 radical (unpaired) electrons. The molecule has 0 amide bonds. The van der Waals surface area contributed by atoms with Gasteiger partial charge in [-0.3, -0.25) is 4.99 Å². The third-order valence-corrected chi connectivity index (χ3v) is 1.49. The molecule has 2 heteroatoms. The molecule has 0 saturated carbocycles. The summed E-state index contributed by atoms with van der Waals surface area (Å²) < 4.78 is 0. The summed E-state index contributed by atoms with van der Waals surface area (Å²) >= 11 is 0. The van der Waals surface area contributed by atoms with Gasteiger partial charge in [0.25, 0.3) is 0 Å². The fourth-order valence-corrected chi connectivity index (χ4v) is 0.944. The second kappa shape index (κ2) is 4.34. The summed E-state index contributed by atoms with van der Waals surface area (Å²) in [6.45, 7) is 3.69. The molecule has 0 saturated heterocycles. The lowest BCUT2D eigenvalue weighted by atomic mass is 10.3. The van der Waals surface area contributed by atoms with E-state index < -0.39 is 0 Å². The van der Waals surface area contributed by atoms with Crippen LogP contribution in [0.15, 0.2) is 48.1 Å². The van der Waals surface area contributed by atoms with E-state index in [1.54, 1.807) is 19.6 Å². The average molecular weight is 160 g/mol. The van der Waals surface area contributed by atoms with Crippen molar-refractivity contribution >= 4 is 12.0 Å². The summed E-state index contributed by atoms with van der Waals surface area (Å²) in [7, 11) is 1.74. The van der Waals surface area contributed by atoms with E-state index in [2.05, 4.69) is 11.6 Å². The Balaban J connectivity index is 2.87. The molecule has 1 aromatic carbocycles. The Kier molecular flexibility index (Phi) is 3.08. The molecule has 1 aromatic rings. The zero-order valence-electron chi connectivity index (χ0n) is 7.14. The highest BCUT2D eigenvalue weighted by atomic mass is 15.1. The van der Waals surface area contributed by atoms with Crippen LogP contribution in [0.4, 0.5) is 5.69 Å².